The van der Waals surface area contributed by atoms with Gasteiger partial charge in [-0.15, -0.1) is 0 Å². The minimum atomic E-state index is -6.09. The van der Waals surface area contributed by atoms with Gasteiger partial charge in [0.25, 0.3) is 0 Å². The zero-order valence-corrected chi connectivity index (χ0v) is 19.8. The van der Waals surface area contributed by atoms with Gasteiger partial charge in [0.15, 0.2) is 24.6 Å². The maximum Gasteiger partial charge on any atom is 0.485 e. The van der Waals surface area contributed by atoms with Gasteiger partial charge in [0.2, 0.25) is 0 Å². The van der Waals surface area contributed by atoms with Crippen molar-refractivity contribution in [2.45, 2.75) is 5.51 Å². The highest BCUT2D eigenvalue weighted by Gasteiger charge is 2.37. The van der Waals surface area contributed by atoms with E-state index < -0.39 is 15.6 Å². The van der Waals surface area contributed by atoms with Crippen molar-refractivity contribution < 1.29 is 26.1 Å². The summed E-state index contributed by atoms with van der Waals surface area (Å²) in [6, 6.07) is 41.5. The molecule has 35 heavy (non-hydrogen) atoms. The van der Waals surface area contributed by atoms with Gasteiger partial charge in [0, 0.05) is 21.4 Å². The highest BCUT2D eigenvalue weighted by Crippen LogP contribution is 2.55. The van der Waals surface area contributed by atoms with Gasteiger partial charge in [-0.3, -0.25) is 0 Å². The van der Waals surface area contributed by atoms with Crippen LogP contribution < -0.4 is 0 Å². The van der Waals surface area contributed by atoms with Crippen LogP contribution in [-0.4, -0.2) is 18.5 Å². The molecule has 0 bridgehead atoms. The molecule has 5 aromatic rings. The average molecular weight is 513 g/mol. The lowest BCUT2D eigenvalue weighted by Gasteiger charge is -2.08. The number of halogens is 3. The van der Waals surface area contributed by atoms with Gasteiger partial charge in [-0.2, -0.15) is 13.2 Å². The van der Waals surface area contributed by atoms with Crippen LogP contribution in [0.3, 0.4) is 0 Å². The summed E-state index contributed by atoms with van der Waals surface area (Å²) in [5, 5.41) is 1.36. The smallest absolute Gasteiger partial charge is 0.485 e. The minimum absolute atomic E-state index is 0.105. The standard InChI is InChI=1S/C26H19S.CHF3O3S/c1-4-12-20(13-5-1)25-23-18-10-11-19-24(23)27(22-16-8-3-9-17-22)26(25)21-14-6-2-7-15-21;2-1(3,4)8(5,6)7/h1-19H;(H,5,6,7)/q+1;/p-1. The number of thiophene rings is 1. The van der Waals surface area contributed by atoms with Crippen LogP contribution >= 0.6 is 10.5 Å². The largest absolute Gasteiger partial charge is 0.741 e. The van der Waals surface area contributed by atoms with Crippen molar-refractivity contribution in [1.29, 1.82) is 0 Å². The molecule has 0 aliphatic carbocycles. The normalized spacial score (nSPS) is 12.2. The van der Waals surface area contributed by atoms with Gasteiger partial charge in [-0.25, -0.2) is 8.42 Å². The van der Waals surface area contributed by atoms with Crippen molar-refractivity contribution in [3.05, 3.63) is 115 Å². The van der Waals surface area contributed by atoms with Crippen LogP contribution in [0.1, 0.15) is 0 Å². The molecule has 0 aliphatic rings. The maximum absolute atomic E-state index is 10.7. The first-order valence-corrected chi connectivity index (χ1v) is 13.1. The summed E-state index contributed by atoms with van der Waals surface area (Å²) in [4.78, 5) is 2.80. The van der Waals surface area contributed by atoms with Crippen molar-refractivity contribution >= 4 is 30.7 Å². The first-order valence-electron chi connectivity index (χ1n) is 10.4. The van der Waals surface area contributed by atoms with Gasteiger partial charge in [-0.05, 0) is 42.0 Å². The summed E-state index contributed by atoms with van der Waals surface area (Å²) in [6.45, 7) is 0. The predicted octanol–water partition coefficient (Wildman–Crippen LogP) is 7.96. The number of hydrogen-bond donors (Lipinski definition) is 0. The van der Waals surface area contributed by atoms with E-state index in [0.29, 0.717) is 0 Å². The molecule has 3 nitrogen and oxygen atoms in total. The fourth-order valence-corrected chi connectivity index (χ4v) is 6.28. The summed E-state index contributed by atoms with van der Waals surface area (Å²) >= 11 is 0. The average Bonchev–Trinajstić information content (AvgIpc) is 3.20. The fourth-order valence-electron chi connectivity index (χ4n) is 3.73. The molecule has 8 heteroatoms. The lowest BCUT2D eigenvalue weighted by atomic mass is 9.99. The summed E-state index contributed by atoms with van der Waals surface area (Å²) in [6.07, 6.45) is 0. The second-order valence-corrected chi connectivity index (χ2v) is 10.8. The van der Waals surface area contributed by atoms with Crippen molar-refractivity contribution in [3.8, 4) is 26.5 Å². The third-order valence-corrected chi connectivity index (χ3v) is 8.12. The predicted molar refractivity (Wildman–Crippen MR) is 134 cm³/mol. The van der Waals surface area contributed by atoms with E-state index in [4.69, 9.17) is 13.0 Å². The van der Waals surface area contributed by atoms with E-state index in [1.54, 1.807) is 0 Å². The van der Waals surface area contributed by atoms with E-state index in [2.05, 4.69) is 115 Å². The summed E-state index contributed by atoms with van der Waals surface area (Å²) < 4.78 is 60.3. The molecule has 5 rings (SSSR count). The molecule has 0 fully saturated rings. The van der Waals surface area contributed by atoms with Gasteiger partial charge in [0.05, 0.1) is 5.56 Å². The zero-order valence-electron chi connectivity index (χ0n) is 18.1. The lowest BCUT2D eigenvalue weighted by molar-refractivity contribution is -0.0517. The molecule has 0 spiro atoms. The SMILES string of the molecule is O=S(=O)([O-])C(F)(F)F.c1ccc(-c2c(-c3ccccc3)[s+](-c3ccccc3)c3ccccc23)cc1. The Bertz CT molecular complexity index is 1450. The molecule has 0 aliphatic heterocycles. The molecule has 0 saturated carbocycles. The number of hydrogen-bond acceptors (Lipinski definition) is 3. The monoisotopic (exact) mass is 512 g/mol. The van der Waals surface area contributed by atoms with Crippen LogP contribution in [-0.2, 0) is 10.1 Å². The van der Waals surface area contributed by atoms with E-state index in [-0.39, 0.29) is 10.5 Å². The van der Waals surface area contributed by atoms with Crippen LogP contribution in [0.25, 0.3) is 36.5 Å². The Kier molecular flexibility index (Phi) is 7.07. The molecular weight excluding hydrogens is 493 g/mol. The number of fused-ring (bicyclic) bond motifs is 1. The van der Waals surface area contributed by atoms with Crippen LogP contribution in [0.4, 0.5) is 13.2 Å². The molecule has 4 aromatic carbocycles. The second kappa shape index (κ2) is 10.0. The highest BCUT2D eigenvalue weighted by atomic mass is 32.2. The first kappa shape index (κ1) is 24.7. The topological polar surface area (TPSA) is 57.2 Å². The second-order valence-electron chi connectivity index (χ2n) is 7.45. The van der Waals surface area contributed by atoms with Crippen LogP contribution in [0.5, 0.6) is 0 Å². The van der Waals surface area contributed by atoms with E-state index >= 15 is 0 Å². The van der Waals surface area contributed by atoms with Gasteiger partial charge in [-0.1, -0.05) is 78.9 Å². The van der Waals surface area contributed by atoms with E-state index in [0.717, 1.165) is 0 Å². The van der Waals surface area contributed by atoms with Crippen molar-refractivity contribution in [1.82, 2.24) is 0 Å². The van der Waals surface area contributed by atoms with Gasteiger partial charge in [0.1, 0.15) is 0 Å². The van der Waals surface area contributed by atoms with Crippen molar-refractivity contribution in [2.24, 2.45) is 0 Å². The molecule has 0 N–H and O–H groups in total. The van der Waals surface area contributed by atoms with Gasteiger partial charge < -0.3 is 4.55 Å². The maximum atomic E-state index is 10.7. The van der Waals surface area contributed by atoms with Crippen molar-refractivity contribution in [3.63, 3.8) is 0 Å². The Balaban J connectivity index is 0.000000314. The molecule has 178 valence electrons. The van der Waals surface area contributed by atoms with E-state index in [1.165, 1.54) is 36.5 Å². The quantitative estimate of drug-likeness (QED) is 0.140. The Labute approximate surface area is 203 Å². The lowest BCUT2D eigenvalue weighted by Crippen LogP contribution is -2.21. The molecule has 0 radical (unpaired) electrons. The van der Waals surface area contributed by atoms with Crippen LogP contribution in [0.2, 0.25) is 0 Å². The Morgan fingerprint density at radius 2 is 1.06 bits per heavy atom. The number of benzene rings is 4. The summed E-state index contributed by atoms with van der Waals surface area (Å²) in [5.41, 5.74) is -1.69. The first-order chi connectivity index (χ1) is 16.7. The molecule has 0 amide bonds. The zero-order chi connectivity index (χ0) is 25.1. The molecule has 1 heterocycles. The summed E-state index contributed by atoms with van der Waals surface area (Å²) in [5.74, 6) is 0. The Morgan fingerprint density at radius 3 is 1.57 bits per heavy atom. The number of alkyl halides is 3. The molecule has 1 unspecified atom stereocenters. The molecule has 1 atom stereocenters. The van der Waals surface area contributed by atoms with E-state index in [1.807, 2.05) is 0 Å². The van der Waals surface area contributed by atoms with Gasteiger partial charge >= 0.3 is 5.51 Å². The van der Waals surface area contributed by atoms with Crippen molar-refractivity contribution in [2.75, 3.05) is 0 Å². The van der Waals surface area contributed by atoms with Crippen LogP contribution in [0.15, 0.2) is 115 Å². The molecular formula is C27H19F3O3S2. The third kappa shape index (κ3) is 5.30. The number of rotatable bonds is 3. The molecule has 0 saturated heterocycles. The highest BCUT2D eigenvalue weighted by molar-refractivity contribution is 7.86. The Morgan fingerprint density at radius 1 is 0.629 bits per heavy atom. The third-order valence-electron chi connectivity index (χ3n) is 5.17. The summed E-state index contributed by atoms with van der Waals surface area (Å²) in [7, 11) is -6.20. The molecule has 1 aromatic heterocycles. The fraction of sp³-hybridized carbons (Fsp3) is 0.0370. The minimum Gasteiger partial charge on any atom is -0.741 e. The van der Waals surface area contributed by atoms with E-state index in [9.17, 15) is 13.2 Å². The Hall–Kier alpha value is -3.46. The van der Waals surface area contributed by atoms with Crippen LogP contribution in [0, 0.1) is 0 Å².